The maximum Gasteiger partial charge on any atom is 0.146 e. The number of ether oxygens (including phenoxy) is 1. The molecule has 5 aromatic carbocycles. The molecule has 0 N–H and O–H groups in total. The second-order valence-corrected chi connectivity index (χ2v) is 14.3. The van der Waals surface area contributed by atoms with Crippen molar-refractivity contribution in [2.24, 2.45) is 0 Å². The fraction of sp³-hybridized carbons (Fsp3) is 0.136. The lowest BCUT2D eigenvalue weighted by Crippen LogP contribution is -2.44. The van der Waals surface area contributed by atoms with Crippen molar-refractivity contribution in [3.63, 3.8) is 0 Å². The summed E-state index contributed by atoms with van der Waals surface area (Å²) in [5.74, 6) is 2.42. The van der Waals surface area contributed by atoms with Crippen molar-refractivity contribution in [3.8, 4) is 28.6 Å². The van der Waals surface area contributed by atoms with E-state index in [1.54, 1.807) is 0 Å². The summed E-state index contributed by atoms with van der Waals surface area (Å²) in [6.07, 6.45) is 1.84. The third-order valence-electron chi connectivity index (χ3n) is 11.3. The lowest BCUT2D eigenvalue weighted by atomic mass is 9.60. The number of fused-ring (bicyclic) bond motifs is 6. The highest BCUT2D eigenvalue weighted by Gasteiger charge is 2.48. The molecule has 0 unspecified atom stereocenters. The first-order valence-corrected chi connectivity index (χ1v) is 16.9. The van der Waals surface area contributed by atoms with E-state index in [9.17, 15) is 0 Å². The molecule has 0 amide bonds. The van der Waals surface area contributed by atoms with Gasteiger partial charge in [-0.3, -0.25) is 8.97 Å². The van der Waals surface area contributed by atoms with Crippen LogP contribution in [0.2, 0.25) is 0 Å². The molecule has 1 aliphatic heterocycles. The first-order valence-electron chi connectivity index (χ1n) is 16.9. The molecule has 0 atom stereocenters. The van der Waals surface area contributed by atoms with Gasteiger partial charge in [0.15, 0.2) is 0 Å². The van der Waals surface area contributed by atoms with Gasteiger partial charge in [-0.2, -0.15) is 0 Å². The van der Waals surface area contributed by atoms with E-state index in [0.717, 1.165) is 56.0 Å². The van der Waals surface area contributed by atoms with Gasteiger partial charge in [-0.25, -0.2) is 9.97 Å². The van der Waals surface area contributed by atoms with Crippen LogP contribution in [0.4, 0.5) is 0 Å². The summed E-state index contributed by atoms with van der Waals surface area (Å²) in [5, 5.41) is 5.83. The van der Waals surface area contributed by atoms with Crippen LogP contribution in [0.5, 0.6) is 11.5 Å². The molecule has 10 rings (SSSR count). The smallest absolute Gasteiger partial charge is 0.146 e. The van der Waals surface area contributed by atoms with Crippen LogP contribution < -0.4 is 4.74 Å². The van der Waals surface area contributed by atoms with E-state index in [0.29, 0.717) is 0 Å². The number of aromatic nitrogens is 4. The van der Waals surface area contributed by atoms with Crippen LogP contribution in [0, 0.1) is 0 Å². The molecule has 4 aromatic heterocycles. The number of benzene rings is 5. The predicted octanol–water partition coefficient (Wildman–Crippen LogP) is 11.2. The van der Waals surface area contributed by atoms with E-state index >= 15 is 0 Å². The molecule has 5 heterocycles. The summed E-state index contributed by atoms with van der Waals surface area (Å²) in [6.45, 7) is 9.50. The number of rotatable bonds is 4. The number of imidazole rings is 1. The van der Waals surface area contributed by atoms with Crippen LogP contribution in [-0.4, -0.2) is 18.9 Å². The second-order valence-electron chi connectivity index (χ2n) is 14.3. The molecule has 0 fully saturated rings. The lowest BCUT2D eigenvalue weighted by molar-refractivity contribution is 0.289. The molecule has 0 saturated carbocycles. The number of hydrogen-bond acceptors (Lipinski definition) is 3. The predicted molar refractivity (Wildman–Crippen MR) is 200 cm³/mol. The normalized spacial score (nSPS) is 14.9. The van der Waals surface area contributed by atoms with Gasteiger partial charge in [-0.15, -0.1) is 0 Å². The van der Waals surface area contributed by atoms with Crippen LogP contribution in [-0.2, 0) is 10.8 Å². The molecule has 1 aliphatic rings. The highest BCUT2D eigenvalue weighted by atomic mass is 16.5. The first kappa shape index (κ1) is 28.1. The van der Waals surface area contributed by atoms with E-state index < -0.39 is 0 Å². The van der Waals surface area contributed by atoms with E-state index in [4.69, 9.17) is 14.7 Å². The summed E-state index contributed by atoms with van der Waals surface area (Å²) >= 11 is 0. The minimum Gasteiger partial charge on any atom is -0.457 e. The zero-order chi connectivity index (χ0) is 33.1. The minimum absolute atomic E-state index is 0.119. The Bertz CT molecular complexity index is 2790. The van der Waals surface area contributed by atoms with E-state index in [-0.39, 0.29) is 10.8 Å². The number of hydrogen-bond donors (Lipinski definition) is 0. The average molecular weight is 635 g/mol. The average Bonchev–Trinajstić information content (AvgIpc) is 3.69. The molecule has 236 valence electrons. The molecule has 5 nitrogen and oxygen atoms in total. The minimum atomic E-state index is -0.192. The third-order valence-corrected chi connectivity index (χ3v) is 11.3. The Hall–Kier alpha value is -5.94. The standard InChI is InChI=1S/C44H34N4O/c1-43(2)35-17-12-16-33-30-22-20-28(25-34(30)42-46-39(27-13-6-5-7-14-27)41(44(43,3)4)48(42)40(33)35)49-29-21-23-32-31-15-8-9-18-36(31)47(37(32)26-29)38-19-10-11-24-45-38/h5-26H,1-4H3. The van der Waals surface area contributed by atoms with Crippen molar-refractivity contribution >= 4 is 49.1 Å². The Morgan fingerprint density at radius 1 is 0.571 bits per heavy atom. The second kappa shape index (κ2) is 9.80. The van der Waals surface area contributed by atoms with Crippen molar-refractivity contribution in [2.45, 2.75) is 38.5 Å². The van der Waals surface area contributed by atoms with Gasteiger partial charge in [0.2, 0.25) is 0 Å². The maximum absolute atomic E-state index is 6.71. The van der Waals surface area contributed by atoms with Gasteiger partial charge in [0.25, 0.3) is 0 Å². The lowest BCUT2D eigenvalue weighted by Gasteiger charge is -2.46. The molecule has 0 bridgehead atoms. The van der Waals surface area contributed by atoms with Gasteiger partial charge in [-0.05, 0) is 59.5 Å². The van der Waals surface area contributed by atoms with Crippen LogP contribution in [0.25, 0.3) is 66.2 Å². The van der Waals surface area contributed by atoms with Gasteiger partial charge >= 0.3 is 0 Å². The zero-order valence-electron chi connectivity index (χ0n) is 27.9. The summed E-state index contributed by atoms with van der Waals surface area (Å²) in [5.41, 5.74) is 8.85. The molecule has 9 aromatic rings. The number of para-hydroxylation sites is 2. The van der Waals surface area contributed by atoms with Crippen molar-refractivity contribution in [2.75, 3.05) is 0 Å². The molecule has 0 radical (unpaired) electrons. The first-order chi connectivity index (χ1) is 23.8. The summed E-state index contributed by atoms with van der Waals surface area (Å²) in [4.78, 5) is 10.2. The monoisotopic (exact) mass is 634 g/mol. The quantitative estimate of drug-likeness (QED) is 0.181. The Balaban J connectivity index is 1.20. The van der Waals surface area contributed by atoms with Crippen molar-refractivity contribution in [1.82, 2.24) is 18.9 Å². The zero-order valence-corrected chi connectivity index (χ0v) is 27.9. The van der Waals surface area contributed by atoms with E-state index in [1.165, 1.54) is 32.9 Å². The topological polar surface area (TPSA) is 44.3 Å². The van der Waals surface area contributed by atoms with Gasteiger partial charge in [-0.1, -0.05) is 100 Å². The molecule has 0 saturated heterocycles. The Kier molecular flexibility index (Phi) is 5.62. The largest absolute Gasteiger partial charge is 0.457 e. The Morgan fingerprint density at radius 2 is 1.29 bits per heavy atom. The van der Waals surface area contributed by atoms with Gasteiger partial charge in [0.05, 0.1) is 27.9 Å². The van der Waals surface area contributed by atoms with Gasteiger partial charge in [0.1, 0.15) is 23.0 Å². The summed E-state index contributed by atoms with van der Waals surface area (Å²) < 4.78 is 11.4. The number of nitrogens with zero attached hydrogens (tertiary/aromatic N) is 4. The van der Waals surface area contributed by atoms with Gasteiger partial charge in [0, 0.05) is 50.2 Å². The summed E-state index contributed by atoms with van der Waals surface area (Å²) in [6, 6.07) is 44.7. The van der Waals surface area contributed by atoms with Crippen LogP contribution in [0.3, 0.4) is 0 Å². The number of pyridine rings is 2. The van der Waals surface area contributed by atoms with Crippen LogP contribution >= 0.6 is 0 Å². The fourth-order valence-corrected chi connectivity index (χ4v) is 8.22. The van der Waals surface area contributed by atoms with Gasteiger partial charge < -0.3 is 4.74 Å². The van der Waals surface area contributed by atoms with Crippen molar-refractivity contribution in [1.29, 1.82) is 0 Å². The molecule has 5 heteroatoms. The maximum atomic E-state index is 6.71. The van der Waals surface area contributed by atoms with Crippen LogP contribution in [0.15, 0.2) is 134 Å². The Labute approximate surface area is 284 Å². The Morgan fingerprint density at radius 3 is 2.10 bits per heavy atom. The summed E-state index contributed by atoms with van der Waals surface area (Å²) in [7, 11) is 0. The highest BCUT2D eigenvalue weighted by molar-refractivity contribution is 6.14. The molecule has 0 aliphatic carbocycles. The third kappa shape index (κ3) is 3.76. The van der Waals surface area contributed by atoms with Crippen molar-refractivity contribution < 1.29 is 4.74 Å². The van der Waals surface area contributed by atoms with Crippen molar-refractivity contribution in [3.05, 3.63) is 145 Å². The fourth-order valence-electron chi connectivity index (χ4n) is 8.22. The van der Waals surface area contributed by atoms with E-state index in [1.807, 2.05) is 24.4 Å². The van der Waals surface area contributed by atoms with Crippen LogP contribution in [0.1, 0.15) is 39.0 Å². The van der Waals surface area contributed by atoms with E-state index in [2.05, 4.69) is 146 Å². The molecular formula is C44H34N4O. The SMILES string of the molecule is CC1(C)c2cccc3c4ccc(Oc5ccc6c7ccccc7n(-c7ccccn7)c6c5)cc4c4nc(-c5ccccc5)c(n4c23)C1(C)C. The molecule has 49 heavy (non-hydrogen) atoms. The molecule has 0 spiro atoms. The highest BCUT2D eigenvalue weighted by Crippen LogP contribution is 2.53. The molecular weight excluding hydrogens is 601 g/mol.